The van der Waals surface area contributed by atoms with Crippen molar-refractivity contribution in [3.8, 4) is 0 Å². The van der Waals surface area contributed by atoms with E-state index in [1.54, 1.807) is 0 Å². The maximum atomic E-state index is 11.2. The lowest BCUT2D eigenvalue weighted by Gasteiger charge is -2.01. The SMILES string of the molecule is NC(=S)CS(=O)(=O)Nc1nncs1. The molecule has 0 aliphatic rings. The Morgan fingerprint density at radius 3 is 2.92 bits per heavy atom. The van der Waals surface area contributed by atoms with Gasteiger partial charge in [0, 0.05) is 0 Å². The summed E-state index contributed by atoms with van der Waals surface area (Å²) in [4.78, 5) is -0.0861. The number of hydrogen-bond acceptors (Lipinski definition) is 6. The van der Waals surface area contributed by atoms with Crippen molar-refractivity contribution < 1.29 is 8.42 Å². The number of thiocarbonyl (C=S) groups is 1. The molecule has 0 aliphatic heterocycles. The van der Waals surface area contributed by atoms with E-state index in [9.17, 15) is 8.42 Å². The van der Waals surface area contributed by atoms with E-state index >= 15 is 0 Å². The van der Waals surface area contributed by atoms with Crippen LogP contribution in [0.5, 0.6) is 0 Å². The van der Waals surface area contributed by atoms with Crippen molar-refractivity contribution in [1.29, 1.82) is 0 Å². The molecule has 0 aromatic carbocycles. The highest BCUT2D eigenvalue weighted by molar-refractivity contribution is 7.95. The Kier molecular flexibility index (Phi) is 3.12. The maximum Gasteiger partial charge on any atom is 0.241 e. The van der Waals surface area contributed by atoms with Crippen LogP contribution in [0.4, 0.5) is 5.13 Å². The van der Waals surface area contributed by atoms with Gasteiger partial charge in [-0.25, -0.2) is 8.42 Å². The van der Waals surface area contributed by atoms with Crippen molar-refractivity contribution in [2.75, 3.05) is 10.5 Å². The molecule has 13 heavy (non-hydrogen) atoms. The Bertz CT molecular complexity index is 384. The molecule has 1 aromatic rings. The van der Waals surface area contributed by atoms with E-state index in [-0.39, 0.29) is 15.9 Å². The minimum atomic E-state index is -3.51. The molecule has 1 rings (SSSR count). The molecule has 0 unspecified atom stereocenters. The summed E-state index contributed by atoms with van der Waals surface area (Å²) in [5, 5.41) is 7.17. The molecule has 0 saturated carbocycles. The third-order valence-electron chi connectivity index (χ3n) is 0.935. The Labute approximate surface area is 84.2 Å². The summed E-state index contributed by atoms with van der Waals surface area (Å²) in [6.45, 7) is 0. The van der Waals surface area contributed by atoms with Gasteiger partial charge in [-0.1, -0.05) is 23.6 Å². The number of anilines is 1. The molecular formula is C4H6N4O2S3. The van der Waals surface area contributed by atoms with Crippen LogP contribution in [0.3, 0.4) is 0 Å². The zero-order valence-corrected chi connectivity index (χ0v) is 8.75. The second kappa shape index (κ2) is 3.94. The van der Waals surface area contributed by atoms with Crippen LogP contribution in [0.1, 0.15) is 0 Å². The average molecular weight is 238 g/mol. The molecule has 0 spiro atoms. The van der Waals surface area contributed by atoms with Gasteiger partial charge in [0.05, 0.1) is 4.99 Å². The molecule has 6 nitrogen and oxygen atoms in total. The molecule has 0 aliphatic carbocycles. The lowest BCUT2D eigenvalue weighted by molar-refractivity contribution is 0.605. The Hall–Kier alpha value is -0.800. The van der Waals surface area contributed by atoms with Gasteiger partial charge in [0.1, 0.15) is 11.3 Å². The molecule has 1 heterocycles. The second-order valence-corrected chi connectivity index (χ2v) is 5.15. The van der Waals surface area contributed by atoms with Crippen molar-refractivity contribution in [3.05, 3.63) is 5.51 Å². The summed E-state index contributed by atoms with van der Waals surface area (Å²) in [6, 6.07) is 0. The largest absolute Gasteiger partial charge is 0.392 e. The molecule has 9 heteroatoms. The van der Waals surface area contributed by atoms with E-state index in [0.717, 1.165) is 11.3 Å². The van der Waals surface area contributed by atoms with Crippen LogP contribution in [-0.2, 0) is 10.0 Å². The Balaban J connectivity index is 2.68. The monoisotopic (exact) mass is 238 g/mol. The van der Waals surface area contributed by atoms with Crippen LogP contribution >= 0.6 is 23.6 Å². The van der Waals surface area contributed by atoms with Crippen LogP contribution in [0.2, 0.25) is 0 Å². The van der Waals surface area contributed by atoms with Crippen molar-refractivity contribution in [2.45, 2.75) is 0 Å². The molecule has 3 N–H and O–H groups in total. The first-order chi connectivity index (χ1) is 5.99. The van der Waals surface area contributed by atoms with Gasteiger partial charge in [-0.3, -0.25) is 4.72 Å². The summed E-state index contributed by atoms with van der Waals surface area (Å²) < 4.78 is 24.5. The van der Waals surface area contributed by atoms with E-state index in [1.165, 1.54) is 5.51 Å². The first-order valence-corrected chi connectivity index (χ1v) is 5.98. The molecule has 0 bridgehead atoms. The number of hydrogen-bond donors (Lipinski definition) is 2. The predicted molar refractivity (Wildman–Crippen MR) is 54.1 cm³/mol. The third kappa shape index (κ3) is 3.61. The smallest absolute Gasteiger partial charge is 0.241 e. The fourth-order valence-electron chi connectivity index (χ4n) is 0.574. The van der Waals surface area contributed by atoms with E-state index in [0.29, 0.717) is 0 Å². The van der Waals surface area contributed by atoms with Crippen LogP contribution in [0.25, 0.3) is 0 Å². The third-order valence-corrected chi connectivity index (χ3v) is 3.19. The van der Waals surface area contributed by atoms with Crippen molar-refractivity contribution in [3.63, 3.8) is 0 Å². The highest BCUT2D eigenvalue weighted by Crippen LogP contribution is 2.09. The number of rotatable bonds is 4. The summed E-state index contributed by atoms with van der Waals surface area (Å²) in [6.07, 6.45) is 0. The molecule has 72 valence electrons. The van der Waals surface area contributed by atoms with Crippen molar-refractivity contribution in [2.24, 2.45) is 5.73 Å². The summed E-state index contributed by atoms with van der Waals surface area (Å²) in [5.41, 5.74) is 6.50. The highest BCUT2D eigenvalue weighted by Gasteiger charge is 2.13. The Morgan fingerprint density at radius 1 is 1.77 bits per heavy atom. The predicted octanol–water partition coefficient (Wildman–Crippen LogP) is -0.434. The fourth-order valence-corrected chi connectivity index (χ4v) is 2.65. The molecule has 1 aromatic heterocycles. The number of aromatic nitrogens is 2. The minimum Gasteiger partial charge on any atom is -0.392 e. The molecule has 0 saturated heterocycles. The summed E-state index contributed by atoms with van der Waals surface area (Å²) in [7, 11) is -3.51. The van der Waals surface area contributed by atoms with E-state index in [2.05, 4.69) is 27.1 Å². The molecule has 0 radical (unpaired) electrons. The molecular weight excluding hydrogens is 232 g/mol. The quantitative estimate of drug-likeness (QED) is 0.690. The molecule has 0 fully saturated rings. The average Bonchev–Trinajstić information content (AvgIpc) is 2.34. The van der Waals surface area contributed by atoms with Crippen LogP contribution in [0.15, 0.2) is 5.51 Å². The lowest BCUT2D eigenvalue weighted by atomic mass is 10.8. The number of nitrogens with zero attached hydrogens (tertiary/aromatic N) is 2. The van der Waals surface area contributed by atoms with Crippen LogP contribution < -0.4 is 10.5 Å². The summed E-state index contributed by atoms with van der Waals surface area (Å²) in [5.74, 6) is -0.387. The number of sulfonamides is 1. The standard InChI is InChI=1S/C4H6N4O2S3/c5-3(11)1-13(9,10)8-4-7-6-2-12-4/h2H,1H2,(H2,5,11)(H,7,8). The van der Waals surface area contributed by atoms with Gasteiger partial charge in [0.15, 0.2) is 0 Å². The van der Waals surface area contributed by atoms with Crippen LogP contribution in [-0.4, -0.2) is 29.4 Å². The first kappa shape index (κ1) is 10.3. The van der Waals surface area contributed by atoms with E-state index < -0.39 is 10.0 Å². The van der Waals surface area contributed by atoms with E-state index in [1.807, 2.05) is 0 Å². The van der Waals surface area contributed by atoms with Gasteiger partial charge >= 0.3 is 0 Å². The van der Waals surface area contributed by atoms with Gasteiger partial charge < -0.3 is 5.73 Å². The van der Waals surface area contributed by atoms with Gasteiger partial charge in [0.25, 0.3) is 0 Å². The van der Waals surface area contributed by atoms with Crippen molar-refractivity contribution >= 4 is 43.7 Å². The Morgan fingerprint density at radius 2 is 2.46 bits per heavy atom. The van der Waals surface area contributed by atoms with E-state index in [4.69, 9.17) is 5.73 Å². The maximum absolute atomic E-state index is 11.2. The van der Waals surface area contributed by atoms with Crippen LogP contribution in [0, 0.1) is 0 Å². The highest BCUT2D eigenvalue weighted by atomic mass is 32.2. The molecule has 0 amide bonds. The van der Waals surface area contributed by atoms with Gasteiger partial charge in [-0.2, -0.15) is 0 Å². The fraction of sp³-hybridized carbons (Fsp3) is 0.250. The number of nitrogens with one attached hydrogen (secondary N) is 1. The zero-order chi connectivity index (χ0) is 9.90. The molecule has 0 atom stereocenters. The number of nitrogens with two attached hydrogens (primary N) is 1. The van der Waals surface area contributed by atoms with Gasteiger partial charge in [0.2, 0.25) is 15.2 Å². The normalized spacial score (nSPS) is 11.1. The lowest BCUT2D eigenvalue weighted by Crippen LogP contribution is -2.26. The second-order valence-electron chi connectivity index (χ2n) is 2.07. The van der Waals surface area contributed by atoms with Crippen molar-refractivity contribution in [1.82, 2.24) is 10.2 Å². The topological polar surface area (TPSA) is 98.0 Å². The first-order valence-electron chi connectivity index (χ1n) is 3.04. The minimum absolute atomic E-state index is 0.0861. The van der Waals surface area contributed by atoms with Gasteiger partial charge in [-0.15, -0.1) is 10.2 Å². The van der Waals surface area contributed by atoms with Gasteiger partial charge in [-0.05, 0) is 0 Å². The summed E-state index contributed by atoms with van der Waals surface area (Å²) >= 11 is 5.55. The zero-order valence-electron chi connectivity index (χ0n) is 6.30.